The van der Waals surface area contributed by atoms with Gasteiger partial charge in [0.2, 0.25) is 0 Å². The van der Waals surface area contributed by atoms with Crippen molar-refractivity contribution in [3.8, 4) is 0 Å². The average Bonchev–Trinajstić information content (AvgIpc) is 2.83. The van der Waals surface area contributed by atoms with E-state index in [0.29, 0.717) is 12.2 Å². The molecule has 96 valence electrons. The van der Waals surface area contributed by atoms with Crippen LogP contribution in [0.2, 0.25) is 5.02 Å². The van der Waals surface area contributed by atoms with Gasteiger partial charge in [-0.25, -0.2) is 4.39 Å². The first kappa shape index (κ1) is 12.1. The lowest BCUT2D eigenvalue weighted by molar-refractivity contribution is 0.628. The molecule has 0 saturated carbocycles. The maximum atomic E-state index is 13.3. The van der Waals surface area contributed by atoms with E-state index in [-0.39, 0.29) is 5.02 Å². The predicted octanol–water partition coefficient (Wildman–Crippen LogP) is 4.57. The maximum absolute atomic E-state index is 13.3. The first-order valence-corrected chi connectivity index (χ1v) is 6.36. The largest absolute Gasteiger partial charge is 0.381 e. The minimum Gasteiger partial charge on any atom is -0.381 e. The summed E-state index contributed by atoms with van der Waals surface area (Å²) in [5.74, 6) is -0.411. The topological polar surface area (TPSA) is 27.8 Å². The van der Waals surface area contributed by atoms with Crippen molar-refractivity contribution in [2.45, 2.75) is 6.54 Å². The normalized spacial score (nSPS) is 10.8. The van der Waals surface area contributed by atoms with E-state index >= 15 is 0 Å². The van der Waals surface area contributed by atoms with Crippen molar-refractivity contribution in [1.29, 1.82) is 0 Å². The van der Waals surface area contributed by atoms with Gasteiger partial charge in [-0.2, -0.15) is 0 Å². The third-order valence-electron chi connectivity index (χ3n) is 3.08. The standard InChI is InChI=1S/C15H12ClFN2/c16-13-6-5-11(7-14(13)17)18-8-10-9-19-15-4-2-1-3-12(10)15/h1-7,9,18-19H,8H2. The Morgan fingerprint density at radius 3 is 2.84 bits per heavy atom. The van der Waals surface area contributed by atoms with Gasteiger partial charge in [-0.05, 0) is 29.8 Å². The van der Waals surface area contributed by atoms with E-state index in [2.05, 4.69) is 16.4 Å². The number of aromatic amines is 1. The van der Waals surface area contributed by atoms with Crippen molar-refractivity contribution in [2.75, 3.05) is 5.32 Å². The zero-order valence-corrected chi connectivity index (χ0v) is 10.8. The first-order chi connectivity index (χ1) is 9.24. The Balaban J connectivity index is 1.80. The van der Waals surface area contributed by atoms with Crippen LogP contribution in [0.25, 0.3) is 10.9 Å². The van der Waals surface area contributed by atoms with E-state index in [1.807, 2.05) is 24.4 Å². The number of H-pyrrole nitrogens is 1. The molecule has 0 aliphatic rings. The second kappa shape index (κ2) is 4.94. The van der Waals surface area contributed by atoms with Gasteiger partial charge in [-0.3, -0.25) is 0 Å². The number of benzene rings is 2. The molecule has 0 amide bonds. The molecule has 4 heteroatoms. The Hall–Kier alpha value is -2.00. The molecule has 2 N–H and O–H groups in total. The fourth-order valence-electron chi connectivity index (χ4n) is 2.08. The Labute approximate surface area is 115 Å². The fourth-order valence-corrected chi connectivity index (χ4v) is 2.20. The smallest absolute Gasteiger partial charge is 0.143 e. The number of hydrogen-bond acceptors (Lipinski definition) is 1. The monoisotopic (exact) mass is 274 g/mol. The molecule has 2 nitrogen and oxygen atoms in total. The minimum atomic E-state index is -0.411. The number of nitrogens with one attached hydrogen (secondary N) is 2. The predicted molar refractivity (Wildman–Crippen MR) is 77.0 cm³/mol. The van der Waals surface area contributed by atoms with Crippen molar-refractivity contribution >= 4 is 28.2 Å². The lowest BCUT2D eigenvalue weighted by Gasteiger charge is -2.06. The van der Waals surface area contributed by atoms with E-state index in [1.165, 1.54) is 11.5 Å². The van der Waals surface area contributed by atoms with E-state index in [1.54, 1.807) is 12.1 Å². The number of hydrogen-bond donors (Lipinski definition) is 2. The molecule has 0 atom stereocenters. The highest BCUT2D eigenvalue weighted by Crippen LogP contribution is 2.21. The third-order valence-corrected chi connectivity index (χ3v) is 3.38. The van der Waals surface area contributed by atoms with Gasteiger partial charge < -0.3 is 10.3 Å². The summed E-state index contributed by atoms with van der Waals surface area (Å²) in [7, 11) is 0. The Morgan fingerprint density at radius 2 is 2.00 bits per heavy atom. The summed E-state index contributed by atoms with van der Waals surface area (Å²) in [6.07, 6.45) is 1.96. The molecule has 19 heavy (non-hydrogen) atoms. The van der Waals surface area contributed by atoms with Crippen LogP contribution >= 0.6 is 11.6 Å². The van der Waals surface area contributed by atoms with Crippen LogP contribution in [0.1, 0.15) is 5.56 Å². The van der Waals surface area contributed by atoms with E-state index < -0.39 is 5.82 Å². The van der Waals surface area contributed by atoms with Gasteiger partial charge in [0.05, 0.1) is 5.02 Å². The molecule has 2 aromatic carbocycles. The third kappa shape index (κ3) is 2.42. The number of anilines is 1. The molecule has 3 rings (SSSR count). The number of rotatable bonds is 3. The summed E-state index contributed by atoms with van der Waals surface area (Å²) in [6, 6.07) is 12.8. The second-order valence-electron chi connectivity index (χ2n) is 4.34. The molecule has 3 aromatic rings. The molecule has 0 saturated heterocycles. The van der Waals surface area contributed by atoms with Crippen LogP contribution < -0.4 is 5.32 Å². The highest BCUT2D eigenvalue weighted by molar-refractivity contribution is 6.30. The van der Waals surface area contributed by atoms with Crippen LogP contribution in [0.3, 0.4) is 0 Å². The van der Waals surface area contributed by atoms with E-state index in [9.17, 15) is 4.39 Å². The van der Waals surface area contributed by atoms with Crippen LogP contribution in [0, 0.1) is 5.82 Å². The number of aromatic nitrogens is 1. The van der Waals surface area contributed by atoms with Crippen molar-refractivity contribution in [3.63, 3.8) is 0 Å². The Bertz CT molecular complexity index is 721. The molecule has 0 fully saturated rings. The van der Waals surface area contributed by atoms with Gasteiger partial charge in [0.1, 0.15) is 5.82 Å². The average molecular weight is 275 g/mol. The van der Waals surface area contributed by atoms with Crippen LogP contribution in [0.5, 0.6) is 0 Å². The summed E-state index contributed by atoms with van der Waals surface area (Å²) in [5, 5.41) is 4.50. The molecule has 0 aliphatic carbocycles. The molecular formula is C15H12ClFN2. The lowest BCUT2D eigenvalue weighted by atomic mass is 10.2. The molecular weight excluding hydrogens is 263 g/mol. The summed E-state index contributed by atoms with van der Waals surface area (Å²) in [6.45, 7) is 0.630. The molecule has 0 unspecified atom stereocenters. The molecule has 0 aliphatic heterocycles. The summed E-state index contributed by atoms with van der Waals surface area (Å²) < 4.78 is 13.3. The summed E-state index contributed by atoms with van der Waals surface area (Å²) in [5.41, 5.74) is 2.96. The van der Waals surface area contributed by atoms with Crippen molar-refractivity contribution in [1.82, 2.24) is 4.98 Å². The summed E-state index contributed by atoms with van der Waals surface area (Å²) in [4.78, 5) is 3.21. The SMILES string of the molecule is Fc1cc(NCc2c[nH]c3ccccc23)ccc1Cl. The highest BCUT2D eigenvalue weighted by atomic mass is 35.5. The lowest BCUT2D eigenvalue weighted by Crippen LogP contribution is -1.99. The van der Waals surface area contributed by atoms with Gasteiger partial charge in [-0.1, -0.05) is 29.8 Å². The highest BCUT2D eigenvalue weighted by Gasteiger charge is 2.04. The molecule has 1 heterocycles. The molecule has 0 spiro atoms. The van der Waals surface area contributed by atoms with Gasteiger partial charge in [0.25, 0.3) is 0 Å². The number of fused-ring (bicyclic) bond motifs is 1. The zero-order valence-electron chi connectivity index (χ0n) is 10.1. The molecule has 0 bridgehead atoms. The number of para-hydroxylation sites is 1. The number of halogens is 2. The van der Waals surface area contributed by atoms with Crippen LogP contribution in [0.15, 0.2) is 48.7 Å². The summed E-state index contributed by atoms with van der Waals surface area (Å²) >= 11 is 5.65. The maximum Gasteiger partial charge on any atom is 0.143 e. The van der Waals surface area contributed by atoms with Crippen molar-refractivity contribution in [3.05, 3.63) is 65.1 Å². The van der Waals surface area contributed by atoms with Crippen LogP contribution in [-0.4, -0.2) is 4.98 Å². The molecule has 0 radical (unpaired) electrons. The molecule has 1 aromatic heterocycles. The van der Waals surface area contributed by atoms with Gasteiger partial charge in [0.15, 0.2) is 0 Å². The van der Waals surface area contributed by atoms with Crippen LogP contribution in [0.4, 0.5) is 10.1 Å². The van der Waals surface area contributed by atoms with Gasteiger partial charge in [-0.15, -0.1) is 0 Å². The zero-order chi connectivity index (χ0) is 13.2. The van der Waals surface area contributed by atoms with Gasteiger partial charge in [0, 0.05) is 29.3 Å². The van der Waals surface area contributed by atoms with E-state index in [4.69, 9.17) is 11.6 Å². The Kier molecular flexibility index (Phi) is 3.13. The Morgan fingerprint density at radius 1 is 1.16 bits per heavy atom. The van der Waals surface area contributed by atoms with Crippen molar-refractivity contribution < 1.29 is 4.39 Å². The first-order valence-electron chi connectivity index (χ1n) is 5.98. The fraction of sp³-hybridized carbons (Fsp3) is 0.0667. The van der Waals surface area contributed by atoms with Gasteiger partial charge >= 0.3 is 0 Å². The quantitative estimate of drug-likeness (QED) is 0.719. The minimum absolute atomic E-state index is 0.137. The van der Waals surface area contributed by atoms with Crippen molar-refractivity contribution in [2.24, 2.45) is 0 Å². The second-order valence-corrected chi connectivity index (χ2v) is 4.75. The van der Waals surface area contributed by atoms with E-state index in [0.717, 1.165) is 11.1 Å². The van der Waals surface area contributed by atoms with Crippen LogP contribution in [-0.2, 0) is 6.54 Å².